The highest BCUT2D eigenvalue weighted by Crippen LogP contribution is 2.15. The van der Waals surface area contributed by atoms with E-state index >= 15 is 0 Å². The van der Waals surface area contributed by atoms with Crippen LogP contribution in [0.1, 0.15) is 28.1 Å². The van der Waals surface area contributed by atoms with Gasteiger partial charge in [-0.2, -0.15) is 4.57 Å². The molecular weight excluding hydrogens is 498 g/mol. The van der Waals surface area contributed by atoms with Gasteiger partial charge in [-0.3, -0.25) is 0 Å². The molecule has 0 aliphatic carbocycles. The second-order valence-corrected chi connectivity index (χ2v) is 9.79. The highest BCUT2D eigenvalue weighted by atomic mass is 32.2. The number of hydrogen-bond donors (Lipinski definition) is 0. The lowest BCUT2D eigenvalue weighted by molar-refractivity contribution is -0.675. The Bertz CT molecular complexity index is 1410. The third kappa shape index (κ3) is 8.44. The summed E-state index contributed by atoms with van der Waals surface area (Å²) >= 11 is 0. The Morgan fingerprint density at radius 1 is 0.658 bits per heavy atom. The van der Waals surface area contributed by atoms with E-state index in [4.69, 9.17) is 9.47 Å². The van der Waals surface area contributed by atoms with Gasteiger partial charge in [-0.25, -0.2) is 8.42 Å². The SMILES string of the molecule is COc1ccc(/C=C\c2cccc(/C=C/c3ccc(OC)cc3)[n+]2C)cc1.Cc1ccc(S(=O)(=O)[O-])cc1. The van der Waals surface area contributed by atoms with Crippen molar-refractivity contribution in [1.82, 2.24) is 0 Å². The summed E-state index contributed by atoms with van der Waals surface area (Å²) in [6.07, 6.45) is 8.44. The number of aromatic nitrogens is 1. The first kappa shape index (κ1) is 28.4. The Morgan fingerprint density at radius 2 is 1.08 bits per heavy atom. The van der Waals surface area contributed by atoms with E-state index in [0.717, 1.165) is 39.6 Å². The Labute approximate surface area is 224 Å². The van der Waals surface area contributed by atoms with Crippen LogP contribution in [0.2, 0.25) is 0 Å². The maximum absolute atomic E-state index is 10.4. The number of aryl methyl sites for hydroxylation is 1. The summed E-state index contributed by atoms with van der Waals surface area (Å²) in [4.78, 5) is -0.178. The number of rotatable bonds is 7. The summed E-state index contributed by atoms with van der Waals surface area (Å²) in [7, 11) is 1.15. The van der Waals surface area contributed by atoms with Gasteiger partial charge in [0, 0.05) is 24.3 Å². The van der Waals surface area contributed by atoms with Crippen molar-refractivity contribution in [1.29, 1.82) is 0 Å². The molecule has 1 heterocycles. The molecule has 0 atom stereocenters. The minimum Gasteiger partial charge on any atom is -0.744 e. The van der Waals surface area contributed by atoms with E-state index in [1.807, 2.05) is 55.5 Å². The molecular formula is C31H31NO5S. The van der Waals surface area contributed by atoms with Crippen LogP contribution in [-0.4, -0.2) is 27.2 Å². The highest BCUT2D eigenvalue weighted by molar-refractivity contribution is 7.85. The molecule has 0 saturated carbocycles. The molecule has 0 fully saturated rings. The predicted molar refractivity (Wildman–Crippen MR) is 151 cm³/mol. The topological polar surface area (TPSA) is 79.5 Å². The maximum atomic E-state index is 10.4. The van der Waals surface area contributed by atoms with Crippen LogP contribution < -0.4 is 14.0 Å². The Kier molecular flexibility index (Phi) is 9.99. The van der Waals surface area contributed by atoms with Crippen LogP contribution in [0.4, 0.5) is 0 Å². The summed E-state index contributed by atoms with van der Waals surface area (Å²) in [5.41, 5.74) is 5.45. The first-order chi connectivity index (χ1) is 18.2. The monoisotopic (exact) mass is 529 g/mol. The number of ether oxygens (including phenoxy) is 2. The molecule has 4 aromatic rings. The molecule has 4 rings (SSSR count). The van der Waals surface area contributed by atoms with Crippen molar-refractivity contribution in [3.8, 4) is 11.5 Å². The Hall–Kier alpha value is -4.20. The number of nitrogens with zero attached hydrogens (tertiary/aromatic N) is 1. The number of benzene rings is 3. The van der Waals surface area contributed by atoms with E-state index < -0.39 is 10.1 Å². The molecule has 0 aliphatic heterocycles. The summed E-state index contributed by atoms with van der Waals surface area (Å²) < 4.78 is 43.7. The van der Waals surface area contributed by atoms with Gasteiger partial charge in [0.2, 0.25) is 11.4 Å². The molecule has 6 nitrogen and oxygen atoms in total. The van der Waals surface area contributed by atoms with Gasteiger partial charge in [0.1, 0.15) is 28.7 Å². The normalized spacial score (nSPS) is 11.3. The van der Waals surface area contributed by atoms with Gasteiger partial charge < -0.3 is 14.0 Å². The van der Waals surface area contributed by atoms with Crippen molar-refractivity contribution in [3.05, 3.63) is 119 Å². The molecule has 0 saturated heterocycles. The third-order valence-corrected chi connectivity index (χ3v) is 6.59. The minimum absolute atomic E-state index is 0.178. The molecule has 0 unspecified atom stereocenters. The van der Waals surface area contributed by atoms with Crippen molar-refractivity contribution in [2.75, 3.05) is 14.2 Å². The van der Waals surface area contributed by atoms with Crippen molar-refractivity contribution < 1.29 is 27.0 Å². The number of methoxy groups -OCH3 is 2. The molecule has 0 N–H and O–H groups in total. The van der Waals surface area contributed by atoms with E-state index in [2.05, 4.69) is 54.1 Å². The third-order valence-electron chi connectivity index (χ3n) is 5.74. The average Bonchev–Trinajstić information content (AvgIpc) is 2.92. The predicted octanol–water partition coefficient (Wildman–Crippen LogP) is 5.77. The molecule has 7 heteroatoms. The lowest BCUT2D eigenvalue weighted by atomic mass is 10.1. The van der Waals surface area contributed by atoms with Gasteiger partial charge in [0.05, 0.1) is 19.1 Å². The van der Waals surface area contributed by atoms with Crippen LogP contribution in [0, 0.1) is 6.92 Å². The van der Waals surface area contributed by atoms with E-state index in [-0.39, 0.29) is 4.90 Å². The van der Waals surface area contributed by atoms with E-state index in [0.29, 0.717) is 0 Å². The second-order valence-electron chi connectivity index (χ2n) is 8.41. The largest absolute Gasteiger partial charge is 0.744 e. The van der Waals surface area contributed by atoms with Crippen molar-refractivity contribution in [2.45, 2.75) is 11.8 Å². The van der Waals surface area contributed by atoms with Crippen molar-refractivity contribution >= 4 is 34.4 Å². The molecule has 0 radical (unpaired) electrons. The smallest absolute Gasteiger partial charge is 0.205 e. The van der Waals surface area contributed by atoms with E-state index in [1.54, 1.807) is 26.4 Å². The van der Waals surface area contributed by atoms with Crippen LogP contribution in [-0.2, 0) is 17.2 Å². The first-order valence-corrected chi connectivity index (χ1v) is 13.3. The lowest BCUT2D eigenvalue weighted by Gasteiger charge is -2.05. The standard InChI is InChI=1S/C24H24NO2.C7H8O3S/c1-25-21(13-7-19-9-15-23(26-2)16-10-19)5-4-6-22(25)14-8-20-11-17-24(27-3)18-12-20;1-6-2-4-7(5-3-6)11(8,9)10/h4-18H,1-3H3;2-5H,1H3,(H,8,9,10)/q+1;/p-1/b13-7-,14-8+;. The van der Waals surface area contributed by atoms with Gasteiger partial charge in [-0.15, -0.1) is 0 Å². The quantitative estimate of drug-likeness (QED) is 0.224. The van der Waals surface area contributed by atoms with Crippen LogP contribution in [0.15, 0.2) is 95.9 Å². The van der Waals surface area contributed by atoms with E-state index in [9.17, 15) is 13.0 Å². The molecule has 1 aromatic heterocycles. The lowest BCUT2D eigenvalue weighted by Crippen LogP contribution is -2.35. The fraction of sp³-hybridized carbons (Fsp3) is 0.129. The minimum atomic E-state index is -4.27. The fourth-order valence-electron chi connectivity index (χ4n) is 3.45. The molecule has 0 bridgehead atoms. The molecule has 38 heavy (non-hydrogen) atoms. The molecule has 196 valence electrons. The fourth-order valence-corrected chi connectivity index (χ4v) is 3.92. The van der Waals surface area contributed by atoms with Gasteiger partial charge in [0.25, 0.3) is 0 Å². The summed E-state index contributed by atoms with van der Waals surface area (Å²) in [6, 6.07) is 28.1. The summed E-state index contributed by atoms with van der Waals surface area (Å²) in [5.74, 6) is 1.73. The Morgan fingerprint density at radius 3 is 1.45 bits per heavy atom. The van der Waals surface area contributed by atoms with Crippen molar-refractivity contribution in [2.24, 2.45) is 7.05 Å². The van der Waals surface area contributed by atoms with Crippen LogP contribution >= 0.6 is 0 Å². The zero-order chi connectivity index (χ0) is 27.5. The maximum Gasteiger partial charge on any atom is 0.205 e. The highest BCUT2D eigenvalue weighted by Gasteiger charge is 2.07. The van der Waals surface area contributed by atoms with Crippen LogP contribution in [0.3, 0.4) is 0 Å². The summed E-state index contributed by atoms with van der Waals surface area (Å²) in [6.45, 7) is 1.82. The van der Waals surface area contributed by atoms with E-state index in [1.165, 1.54) is 12.1 Å². The first-order valence-electron chi connectivity index (χ1n) is 11.9. The van der Waals surface area contributed by atoms with Crippen molar-refractivity contribution in [3.63, 3.8) is 0 Å². The molecule has 0 aliphatic rings. The van der Waals surface area contributed by atoms with Gasteiger partial charge in [-0.1, -0.05) is 42.0 Å². The number of hydrogen-bond acceptors (Lipinski definition) is 5. The molecule has 0 spiro atoms. The second kappa shape index (κ2) is 13.4. The van der Waals surface area contributed by atoms with Gasteiger partial charge >= 0.3 is 0 Å². The molecule has 0 amide bonds. The number of pyridine rings is 1. The zero-order valence-electron chi connectivity index (χ0n) is 21.9. The summed E-state index contributed by atoms with van der Waals surface area (Å²) in [5, 5.41) is 0. The van der Waals surface area contributed by atoms with Gasteiger partial charge in [-0.05, 0) is 72.7 Å². The Balaban J connectivity index is 0.000000304. The van der Waals surface area contributed by atoms with Crippen LogP contribution in [0.25, 0.3) is 24.3 Å². The van der Waals surface area contributed by atoms with Gasteiger partial charge in [0.15, 0.2) is 0 Å². The van der Waals surface area contributed by atoms with Crippen LogP contribution in [0.5, 0.6) is 11.5 Å². The molecule has 3 aromatic carbocycles. The average molecular weight is 530 g/mol. The zero-order valence-corrected chi connectivity index (χ0v) is 22.7.